The molecule has 3 aliphatic rings. The van der Waals surface area contributed by atoms with Crippen LogP contribution < -0.4 is 4.74 Å². The van der Waals surface area contributed by atoms with Crippen molar-refractivity contribution < 1.29 is 19.1 Å². The highest BCUT2D eigenvalue weighted by Crippen LogP contribution is 2.59. The third kappa shape index (κ3) is 2.61. The van der Waals surface area contributed by atoms with Gasteiger partial charge in [-0.1, -0.05) is 13.0 Å². The van der Waals surface area contributed by atoms with Crippen molar-refractivity contribution in [3.05, 3.63) is 46.8 Å². The Morgan fingerprint density at radius 2 is 2.03 bits per heavy atom. The molecule has 0 spiro atoms. The molecule has 0 radical (unpaired) electrons. The molecular weight excluding hydrogens is 368 g/mol. The van der Waals surface area contributed by atoms with E-state index in [1.54, 1.807) is 12.1 Å². The second-order valence-electron chi connectivity index (χ2n) is 8.97. The Morgan fingerprint density at radius 1 is 1.24 bits per heavy atom. The molecule has 0 aliphatic heterocycles. The summed E-state index contributed by atoms with van der Waals surface area (Å²) in [5.41, 5.74) is 3.89. The quantitative estimate of drug-likeness (QED) is 0.546. The van der Waals surface area contributed by atoms with Crippen molar-refractivity contribution in [3.8, 4) is 5.75 Å². The number of benzene rings is 1. The molecule has 150 valence electrons. The lowest BCUT2D eigenvalue weighted by Gasteiger charge is -2.48. The predicted molar refractivity (Wildman–Crippen MR) is 105 cm³/mol. The highest BCUT2D eigenvalue weighted by Gasteiger charge is 2.55. The van der Waals surface area contributed by atoms with Gasteiger partial charge in [-0.2, -0.15) is 5.10 Å². The van der Waals surface area contributed by atoms with Gasteiger partial charge in [-0.3, -0.25) is 14.4 Å². The van der Waals surface area contributed by atoms with E-state index in [1.165, 1.54) is 18.5 Å². The summed E-state index contributed by atoms with van der Waals surface area (Å²) in [7, 11) is 0. The third-order valence-electron chi connectivity index (χ3n) is 7.33. The lowest BCUT2D eigenvalue weighted by atomic mass is 9.55. The highest BCUT2D eigenvalue weighted by atomic mass is 16.5. The predicted octanol–water partition coefficient (Wildman–Crippen LogP) is 3.68. The zero-order chi connectivity index (χ0) is 20.5. The number of Topliss-reactive ketones (excluding diaryl/α,β-unsaturated/α-hetero) is 1. The monoisotopic (exact) mass is 392 g/mol. The molecule has 2 aromatic rings. The SMILES string of the molecule is CC(=O)Oc1ccc2c(c1)C(=O)CC1C2CCC2(C)c3nn(C(C)=O)cc3CC12. The smallest absolute Gasteiger partial charge is 0.308 e. The van der Waals surface area contributed by atoms with E-state index in [9.17, 15) is 14.4 Å². The van der Waals surface area contributed by atoms with Gasteiger partial charge in [0.05, 0.1) is 5.69 Å². The van der Waals surface area contributed by atoms with E-state index in [4.69, 9.17) is 4.74 Å². The Labute approximate surface area is 169 Å². The first-order valence-electron chi connectivity index (χ1n) is 10.2. The molecule has 6 nitrogen and oxygen atoms in total. The molecule has 0 N–H and O–H groups in total. The molecule has 1 fully saturated rings. The summed E-state index contributed by atoms with van der Waals surface area (Å²) in [5.74, 6) is 1.06. The molecule has 5 rings (SSSR count). The maximum atomic E-state index is 13.0. The van der Waals surface area contributed by atoms with Crippen molar-refractivity contribution in [1.82, 2.24) is 9.78 Å². The van der Waals surface area contributed by atoms with Crippen LogP contribution >= 0.6 is 0 Å². The molecule has 1 heterocycles. The van der Waals surface area contributed by atoms with Crippen molar-refractivity contribution in [2.24, 2.45) is 11.8 Å². The Bertz CT molecular complexity index is 1070. The molecule has 0 bridgehead atoms. The van der Waals surface area contributed by atoms with Gasteiger partial charge in [-0.05, 0) is 60.3 Å². The van der Waals surface area contributed by atoms with Crippen molar-refractivity contribution >= 4 is 17.7 Å². The van der Waals surface area contributed by atoms with Crippen LogP contribution in [-0.4, -0.2) is 27.4 Å². The van der Waals surface area contributed by atoms with Crippen LogP contribution in [0.2, 0.25) is 0 Å². The minimum absolute atomic E-state index is 0.0707. The molecule has 0 saturated heterocycles. The summed E-state index contributed by atoms with van der Waals surface area (Å²) in [6.45, 7) is 5.14. The fraction of sp³-hybridized carbons (Fsp3) is 0.478. The average molecular weight is 392 g/mol. The zero-order valence-corrected chi connectivity index (χ0v) is 16.9. The Kier molecular flexibility index (Phi) is 3.86. The number of esters is 1. The number of ketones is 1. The molecule has 4 unspecified atom stereocenters. The van der Waals surface area contributed by atoms with Crippen LogP contribution in [0, 0.1) is 11.8 Å². The van der Waals surface area contributed by atoms with Crippen LogP contribution in [0.15, 0.2) is 24.4 Å². The van der Waals surface area contributed by atoms with E-state index in [0.29, 0.717) is 29.6 Å². The van der Waals surface area contributed by atoms with E-state index in [1.807, 2.05) is 12.3 Å². The van der Waals surface area contributed by atoms with E-state index >= 15 is 0 Å². The molecule has 6 heteroatoms. The van der Waals surface area contributed by atoms with Gasteiger partial charge < -0.3 is 4.74 Å². The lowest BCUT2D eigenvalue weighted by molar-refractivity contribution is -0.131. The number of nitrogens with zero attached hydrogens (tertiary/aromatic N) is 2. The summed E-state index contributed by atoms with van der Waals surface area (Å²) in [6, 6.07) is 5.49. The van der Waals surface area contributed by atoms with E-state index in [0.717, 1.165) is 36.1 Å². The maximum absolute atomic E-state index is 13.0. The van der Waals surface area contributed by atoms with E-state index < -0.39 is 0 Å². The van der Waals surface area contributed by atoms with Crippen LogP contribution in [0.3, 0.4) is 0 Å². The van der Waals surface area contributed by atoms with Gasteiger partial charge in [0, 0.05) is 37.4 Å². The van der Waals surface area contributed by atoms with E-state index in [-0.39, 0.29) is 29.0 Å². The first kappa shape index (κ1) is 18.3. The minimum atomic E-state index is -0.384. The second-order valence-corrected chi connectivity index (χ2v) is 8.97. The number of carbonyl (C=O) groups is 3. The fourth-order valence-electron chi connectivity index (χ4n) is 6.04. The standard InChI is InChI=1S/C23H24N2O4/c1-12(26)25-11-14-8-20-18-10-21(28)19-9-15(29-13(2)27)4-5-16(19)17(18)6-7-23(20,3)22(14)24-25/h4-5,9,11,17-18,20H,6-8,10H2,1-3H3. The Balaban J connectivity index is 1.50. The first-order chi connectivity index (χ1) is 13.8. The Hall–Kier alpha value is -2.76. The molecule has 29 heavy (non-hydrogen) atoms. The number of fused-ring (bicyclic) bond motifs is 7. The topological polar surface area (TPSA) is 78.3 Å². The molecule has 0 amide bonds. The number of hydrogen-bond donors (Lipinski definition) is 0. The summed E-state index contributed by atoms with van der Waals surface area (Å²) >= 11 is 0. The number of ether oxygens (including phenoxy) is 1. The van der Waals surface area contributed by atoms with Gasteiger partial charge in [0.25, 0.3) is 0 Å². The summed E-state index contributed by atoms with van der Waals surface area (Å²) in [5, 5.41) is 4.62. The Morgan fingerprint density at radius 3 is 2.76 bits per heavy atom. The van der Waals surface area contributed by atoms with Crippen molar-refractivity contribution in [2.45, 2.75) is 57.8 Å². The van der Waals surface area contributed by atoms with Gasteiger partial charge in [0.1, 0.15) is 5.75 Å². The average Bonchev–Trinajstić information content (AvgIpc) is 3.20. The van der Waals surface area contributed by atoms with Crippen LogP contribution in [0.1, 0.15) is 77.9 Å². The van der Waals surface area contributed by atoms with Crippen LogP contribution in [0.5, 0.6) is 5.75 Å². The molecule has 1 aromatic carbocycles. The molecule has 1 aromatic heterocycles. The third-order valence-corrected chi connectivity index (χ3v) is 7.33. The van der Waals surface area contributed by atoms with Crippen LogP contribution in [0.4, 0.5) is 0 Å². The summed E-state index contributed by atoms with van der Waals surface area (Å²) < 4.78 is 6.64. The van der Waals surface area contributed by atoms with Gasteiger partial charge in [0.15, 0.2) is 5.78 Å². The van der Waals surface area contributed by atoms with Gasteiger partial charge in [-0.25, -0.2) is 4.68 Å². The van der Waals surface area contributed by atoms with Crippen molar-refractivity contribution in [3.63, 3.8) is 0 Å². The number of hydrogen-bond acceptors (Lipinski definition) is 5. The molecule has 4 atom stereocenters. The van der Waals surface area contributed by atoms with Crippen molar-refractivity contribution in [2.75, 3.05) is 0 Å². The highest BCUT2D eigenvalue weighted by molar-refractivity contribution is 5.99. The van der Waals surface area contributed by atoms with Gasteiger partial charge in [-0.15, -0.1) is 0 Å². The molecule has 3 aliphatic carbocycles. The van der Waals surface area contributed by atoms with Crippen molar-refractivity contribution in [1.29, 1.82) is 0 Å². The van der Waals surface area contributed by atoms with E-state index in [2.05, 4.69) is 12.0 Å². The fourth-order valence-corrected chi connectivity index (χ4v) is 6.04. The van der Waals surface area contributed by atoms with Gasteiger partial charge >= 0.3 is 5.97 Å². The summed E-state index contributed by atoms with van der Waals surface area (Å²) in [4.78, 5) is 36.0. The number of aromatic nitrogens is 2. The lowest BCUT2D eigenvalue weighted by Crippen LogP contribution is -2.44. The molecular formula is C23H24N2O4. The number of carbonyl (C=O) groups excluding carboxylic acids is 3. The van der Waals surface area contributed by atoms with Crippen LogP contribution in [0.25, 0.3) is 0 Å². The molecule has 1 saturated carbocycles. The summed E-state index contributed by atoms with van der Waals surface area (Å²) in [6.07, 6.45) is 5.23. The van der Waals surface area contributed by atoms with Gasteiger partial charge in [0.2, 0.25) is 5.91 Å². The minimum Gasteiger partial charge on any atom is -0.427 e. The number of rotatable bonds is 1. The van der Waals surface area contributed by atoms with Crippen LogP contribution in [-0.2, 0) is 16.6 Å². The first-order valence-corrected chi connectivity index (χ1v) is 10.2. The maximum Gasteiger partial charge on any atom is 0.308 e. The second kappa shape index (κ2) is 6.12. The zero-order valence-electron chi connectivity index (χ0n) is 16.9. The normalized spacial score (nSPS) is 29.5. The largest absolute Gasteiger partial charge is 0.427 e.